The molecule has 0 radical (unpaired) electrons. The first-order valence-corrected chi connectivity index (χ1v) is 8.17. The zero-order valence-electron chi connectivity index (χ0n) is 13.4. The number of carbonyl (C=O) groups is 1. The van der Waals surface area contributed by atoms with Crippen molar-refractivity contribution < 1.29 is 9.90 Å². The minimum absolute atomic E-state index is 0.526. The number of pyridine rings is 1. The van der Waals surface area contributed by atoms with E-state index in [1.807, 2.05) is 18.2 Å². The topological polar surface area (TPSA) is 91.2 Å². The molecule has 0 bridgehead atoms. The van der Waals surface area contributed by atoms with Crippen LogP contribution < -0.4 is 10.2 Å². The molecular weight excluding hydrogens is 306 g/mol. The molecule has 2 aromatic rings. The van der Waals surface area contributed by atoms with Crippen molar-refractivity contribution in [3.63, 3.8) is 0 Å². The summed E-state index contributed by atoms with van der Waals surface area (Å²) in [4.78, 5) is 25.9. The molecule has 1 aliphatic rings. The summed E-state index contributed by atoms with van der Waals surface area (Å²) < 4.78 is 0. The summed E-state index contributed by atoms with van der Waals surface area (Å²) in [6.07, 6.45) is 7.33. The molecule has 0 spiro atoms. The van der Waals surface area contributed by atoms with Gasteiger partial charge < -0.3 is 15.3 Å². The van der Waals surface area contributed by atoms with Gasteiger partial charge in [0, 0.05) is 43.8 Å². The lowest BCUT2D eigenvalue weighted by Crippen LogP contribution is -2.35. The Bertz CT molecular complexity index is 672. The number of nitrogens with one attached hydrogen (secondary N) is 1. The number of hydrogen-bond acceptors (Lipinski definition) is 5. The highest BCUT2D eigenvalue weighted by Gasteiger charge is 2.20. The second-order valence-electron chi connectivity index (χ2n) is 5.93. The Labute approximate surface area is 140 Å². The number of piperidine rings is 1. The van der Waals surface area contributed by atoms with Crippen molar-refractivity contribution in [3.8, 4) is 11.4 Å². The van der Waals surface area contributed by atoms with E-state index in [-0.39, 0.29) is 0 Å². The van der Waals surface area contributed by atoms with E-state index in [9.17, 15) is 4.79 Å². The minimum atomic E-state index is -0.948. The molecule has 1 amide bonds. The third-order valence-corrected chi connectivity index (χ3v) is 4.33. The first-order valence-electron chi connectivity index (χ1n) is 8.17. The van der Waals surface area contributed by atoms with Crippen LogP contribution in [0.15, 0.2) is 36.8 Å². The third-order valence-electron chi connectivity index (χ3n) is 4.33. The van der Waals surface area contributed by atoms with Crippen LogP contribution in [0.1, 0.15) is 19.3 Å². The van der Waals surface area contributed by atoms with Gasteiger partial charge in [-0.3, -0.25) is 4.98 Å². The first kappa shape index (κ1) is 16.2. The zero-order valence-corrected chi connectivity index (χ0v) is 13.4. The van der Waals surface area contributed by atoms with E-state index < -0.39 is 6.09 Å². The fourth-order valence-electron chi connectivity index (χ4n) is 2.99. The molecule has 24 heavy (non-hydrogen) atoms. The molecular formula is C17H21N5O2. The number of rotatable bonds is 5. The maximum atomic E-state index is 10.5. The van der Waals surface area contributed by atoms with Crippen molar-refractivity contribution in [2.24, 2.45) is 5.92 Å². The van der Waals surface area contributed by atoms with Gasteiger partial charge >= 0.3 is 6.09 Å². The van der Waals surface area contributed by atoms with E-state index in [4.69, 9.17) is 5.11 Å². The lowest BCUT2D eigenvalue weighted by atomic mass is 9.93. The molecule has 1 aliphatic heterocycles. The number of anilines is 1. The van der Waals surface area contributed by atoms with Crippen molar-refractivity contribution in [1.29, 1.82) is 0 Å². The summed E-state index contributed by atoms with van der Waals surface area (Å²) in [5, 5.41) is 11.1. The fraction of sp³-hybridized carbons (Fsp3) is 0.412. The summed E-state index contributed by atoms with van der Waals surface area (Å²) >= 11 is 0. The standard InChI is InChI=1S/C17H21N5O2/c23-17(24)20-8-3-13-5-10-22(11-6-13)15-4-9-19-16(21-15)14-2-1-7-18-12-14/h1-2,4,7,9,12-13,20H,3,5-6,8,10-11H2,(H,23,24). The number of carboxylic acid groups (broad SMARTS) is 1. The smallest absolute Gasteiger partial charge is 0.404 e. The Kier molecular flexibility index (Phi) is 5.20. The molecule has 0 saturated carbocycles. The molecule has 0 atom stereocenters. The predicted molar refractivity (Wildman–Crippen MR) is 90.8 cm³/mol. The Balaban J connectivity index is 1.58. The molecule has 1 fully saturated rings. The molecule has 7 nitrogen and oxygen atoms in total. The maximum Gasteiger partial charge on any atom is 0.404 e. The van der Waals surface area contributed by atoms with Crippen LogP contribution in [-0.2, 0) is 0 Å². The lowest BCUT2D eigenvalue weighted by molar-refractivity contribution is 0.193. The summed E-state index contributed by atoms with van der Waals surface area (Å²) in [6.45, 7) is 2.39. The Morgan fingerprint density at radius 1 is 1.29 bits per heavy atom. The van der Waals surface area contributed by atoms with Gasteiger partial charge in [0.05, 0.1) is 0 Å². The van der Waals surface area contributed by atoms with Gasteiger partial charge in [0.25, 0.3) is 0 Å². The van der Waals surface area contributed by atoms with Gasteiger partial charge in [-0.1, -0.05) is 0 Å². The summed E-state index contributed by atoms with van der Waals surface area (Å²) in [5.74, 6) is 2.19. The van der Waals surface area contributed by atoms with Gasteiger partial charge in [0.2, 0.25) is 0 Å². The number of nitrogens with zero attached hydrogens (tertiary/aromatic N) is 4. The van der Waals surface area contributed by atoms with Gasteiger partial charge in [-0.25, -0.2) is 14.8 Å². The third kappa shape index (κ3) is 4.18. The SMILES string of the molecule is O=C(O)NCCC1CCN(c2ccnc(-c3cccnc3)n2)CC1. The van der Waals surface area contributed by atoms with Crippen LogP contribution >= 0.6 is 0 Å². The van der Waals surface area contributed by atoms with Crippen molar-refractivity contribution in [1.82, 2.24) is 20.3 Å². The fourth-order valence-corrected chi connectivity index (χ4v) is 2.99. The normalized spacial score (nSPS) is 15.2. The largest absolute Gasteiger partial charge is 0.465 e. The Hall–Kier alpha value is -2.70. The van der Waals surface area contributed by atoms with Crippen LogP contribution in [0.4, 0.5) is 10.6 Å². The monoisotopic (exact) mass is 327 g/mol. The van der Waals surface area contributed by atoms with Gasteiger partial charge in [0.1, 0.15) is 5.82 Å². The second kappa shape index (κ2) is 7.72. The molecule has 7 heteroatoms. The van der Waals surface area contributed by atoms with E-state index in [1.54, 1.807) is 18.6 Å². The van der Waals surface area contributed by atoms with Crippen molar-refractivity contribution in [2.75, 3.05) is 24.5 Å². The number of amides is 1. The van der Waals surface area contributed by atoms with Gasteiger partial charge in [-0.05, 0) is 43.4 Å². The van der Waals surface area contributed by atoms with Gasteiger partial charge in [0.15, 0.2) is 5.82 Å². The van der Waals surface area contributed by atoms with Crippen LogP contribution in [0.5, 0.6) is 0 Å². The maximum absolute atomic E-state index is 10.5. The lowest BCUT2D eigenvalue weighted by Gasteiger charge is -2.32. The zero-order chi connectivity index (χ0) is 16.8. The molecule has 0 aromatic carbocycles. The van der Waals surface area contributed by atoms with Crippen LogP contribution in [-0.4, -0.2) is 45.8 Å². The van der Waals surface area contributed by atoms with E-state index >= 15 is 0 Å². The van der Waals surface area contributed by atoms with E-state index in [2.05, 4.69) is 25.2 Å². The van der Waals surface area contributed by atoms with E-state index in [1.165, 1.54) is 0 Å². The van der Waals surface area contributed by atoms with Crippen LogP contribution in [0.2, 0.25) is 0 Å². The van der Waals surface area contributed by atoms with Crippen LogP contribution in [0.3, 0.4) is 0 Å². The average Bonchev–Trinajstić information content (AvgIpc) is 2.63. The predicted octanol–water partition coefficient (Wildman–Crippen LogP) is 2.41. The van der Waals surface area contributed by atoms with Crippen molar-refractivity contribution in [2.45, 2.75) is 19.3 Å². The molecule has 2 aromatic heterocycles. The highest BCUT2D eigenvalue weighted by molar-refractivity contribution is 5.64. The number of hydrogen-bond donors (Lipinski definition) is 2. The van der Waals surface area contributed by atoms with Gasteiger partial charge in [-0.2, -0.15) is 0 Å². The Morgan fingerprint density at radius 2 is 2.12 bits per heavy atom. The van der Waals surface area contributed by atoms with Crippen molar-refractivity contribution in [3.05, 3.63) is 36.8 Å². The molecule has 126 valence electrons. The summed E-state index contributed by atoms with van der Waals surface area (Å²) in [7, 11) is 0. The highest BCUT2D eigenvalue weighted by atomic mass is 16.4. The molecule has 0 unspecified atom stereocenters. The van der Waals surface area contributed by atoms with Crippen LogP contribution in [0, 0.1) is 5.92 Å². The average molecular weight is 327 g/mol. The Morgan fingerprint density at radius 3 is 2.83 bits per heavy atom. The van der Waals surface area contributed by atoms with E-state index in [0.29, 0.717) is 18.3 Å². The molecule has 1 saturated heterocycles. The summed E-state index contributed by atoms with van der Waals surface area (Å²) in [5.41, 5.74) is 0.911. The molecule has 2 N–H and O–H groups in total. The molecule has 3 heterocycles. The quantitative estimate of drug-likeness (QED) is 0.876. The number of aromatic nitrogens is 3. The molecule has 0 aliphatic carbocycles. The summed E-state index contributed by atoms with van der Waals surface area (Å²) in [6, 6.07) is 5.77. The molecule has 3 rings (SSSR count). The highest BCUT2D eigenvalue weighted by Crippen LogP contribution is 2.25. The first-order chi connectivity index (χ1) is 11.7. The van der Waals surface area contributed by atoms with Crippen molar-refractivity contribution >= 4 is 11.9 Å². The minimum Gasteiger partial charge on any atom is -0.465 e. The van der Waals surface area contributed by atoms with Crippen LogP contribution in [0.25, 0.3) is 11.4 Å². The van der Waals surface area contributed by atoms with Gasteiger partial charge in [-0.15, -0.1) is 0 Å². The second-order valence-corrected chi connectivity index (χ2v) is 5.93. The van der Waals surface area contributed by atoms with E-state index in [0.717, 1.165) is 43.7 Å².